The summed E-state index contributed by atoms with van der Waals surface area (Å²) < 4.78 is 26.3. The fourth-order valence-corrected chi connectivity index (χ4v) is 3.53. The van der Waals surface area contributed by atoms with Crippen molar-refractivity contribution < 1.29 is 13.9 Å². The van der Waals surface area contributed by atoms with Crippen LogP contribution in [0, 0.1) is 17.1 Å². The molecule has 0 radical (unpaired) electrons. The highest BCUT2D eigenvalue weighted by molar-refractivity contribution is 5.55. The number of hydrogen-bond acceptors (Lipinski definition) is 5. The number of allylic oxidation sites excluding steroid dienone is 1. The summed E-state index contributed by atoms with van der Waals surface area (Å²) in [7, 11) is 1.57. The number of methoxy groups -OCH3 is 1. The van der Waals surface area contributed by atoms with Crippen molar-refractivity contribution in [2.75, 3.05) is 13.7 Å². The standard InChI is InChI=1S/C21H22FN3O3/c1-3-5-15-11-17-19(21(26)25(15)8-9-27-2)18(16(12-23)20(24)28-17)13-6-4-7-14(22)10-13/h4,6-7,10-11,18H,3,5,8-9,24H2,1-2H3. The first kappa shape index (κ1) is 19.6. The van der Waals surface area contributed by atoms with Gasteiger partial charge in [-0.2, -0.15) is 5.26 Å². The molecular formula is C21H22FN3O3. The zero-order chi connectivity index (χ0) is 20.3. The summed E-state index contributed by atoms with van der Waals surface area (Å²) in [5, 5.41) is 9.64. The van der Waals surface area contributed by atoms with Crippen LogP contribution in [0.4, 0.5) is 4.39 Å². The van der Waals surface area contributed by atoms with Gasteiger partial charge >= 0.3 is 0 Å². The summed E-state index contributed by atoms with van der Waals surface area (Å²) in [6.07, 6.45) is 1.52. The number of fused-ring (bicyclic) bond motifs is 1. The van der Waals surface area contributed by atoms with E-state index in [2.05, 4.69) is 0 Å². The van der Waals surface area contributed by atoms with Gasteiger partial charge in [0.15, 0.2) is 0 Å². The fraction of sp³-hybridized carbons (Fsp3) is 0.333. The molecule has 0 spiro atoms. The Labute approximate surface area is 162 Å². The Balaban J connectivity index is 2.28. The van der Waals surface area contributed by atoms with E-state index in [9.17, 15) is 14.4 Å². The Bertz CT molecular complexity index is 1020. The Morgan fingerprint density at radius 1 is 1.39 bits per heavy atom. The predicted molar refractivity (Wildman–Crippen MR) is 102 cm³/mol. The van der Waals surface area contributed by atoms with Gasteiger partial charge in [-0.25, -0.2) is 4.39 Å². The van der Waals surface area contributed by atoms with Gasteiger partial charge in [-0.15, -0.1) is 0 Å². The molecule has 7 heteroatoms. The van der Waals surface area contributed by atoms with Crippen molar-refractivity contribution in [1.82, 2.24) is 4.57 Å². The van der Waals surface area contributed by atoms with Gasteiger partial charge < -0.3 is 19.8 Å². The van der Waals surface area contributed by atoms with Crippen LogP contribution in [0.1, 0.15) is 36.1 Å². The molecule has 2 N–H and O–H groups in total. The topological polar surface area (TPSA) is 90.3 Å². The molecule has 6 nitrogen and oxygen atoms in total. The molecule has 28 heavy (non-hydrogen) atoms. The highest BCUT2D eigenvalue weighted by Gasteiger charge is 2.34. The van der Waals surface area contributed by atoms with E-state index in [4.69, 9.17) is 15.2 Å². The highest BCUT2D eigenvalue weighted by atomic mass is 19.1. The lowest BCUT2D eigenvalue weighted by Gasteiger charge is -2.27. The van der Waals surface area contributed by atoms with Crippen LogP contribution in [0.3, 0.4) is 0 Å². The summed E-state index contributed by atoms with van der Waals surface area (Å²) in [6.45, 7) is 2.75. The van der Waals surface area contributed by atoms with E-state index in [0.717, 1.165) is 12.1 Å². The number of nitriles is 1. The summed E-state index contributed by atoms with van der Waals surface area (Å²) in [5.74, 6) is -1.00. The van der Waals surface area contributed by atoms with Gasteiger partial charge in [0.1, 0.15) is 23.2 Å². The van der Waals surface area contributed by atoms with Crippen LogP contribution in [0.15, 0.2) is 46.6 Å². The van der Waals surface area contributed by atoms with Crippen molar-refractivity contribution in [2.45, 2.75) is 32.2 Å². The van der Waals surface area contributed by atoms with Crippen LogP contribution < -0.4 is 16.0 Å². The van der Waals surface area contributed by atoms with E-state index < -0.39 is 11.7 Å². The third-order valence-corrected chi connectivity index (χ3v) is 4.78. The third kappa shape index (κ3) is 3.51. The van der Waals surface area contributed by atoms with Gasteiger partial charge in [0.25, 0.3) is 5.56 Å². The van der Waals surface area contributed by atoms with Crippen LogP contribution in [0.5, 0.6) is 5.75 Å². The monoisotopic (exact) mass is 383 g/mol. The van der Waals surface area contributed by atoms with E-state index >= 15 is 0 Å². The zero-order valence-corrected chi connectivity index (χ0v) is 15.9. The largest absolute Gasteiger partial charge is 0.440 e. The molecule has 1 atom stereocenters. The van der Waals surface area contributed by atoms with Gasteiger partial charge in [0.2, 0.25) is 5.88 Å². The SMILES string of the molecule is CCCc1cc2c(c(=O)n1CCOC)C(c1cccc(F)c1)C(C#N)=C(N)O2. The van der Waals surface area contributed by atoms with Gasteiger partial charge in [0.05, 0.1) is 18.1 Å². The molecule has 0 fully saturated rings. The Kier molecular flexibility index (Phi) is 5.81. The van der Waals surface area contributed by atoms with Crippen LogP contribution in [-0.4, -0.2) is 18.3 Å². The van der Waals surface area contributed by atoms with Crippen molar-refractivity contribution in [1.29, 1.82) is 5.26 Å². The predicted octanol–water partition coefficient (Wildman–Crippen LogP) is 2.80. The molecule has 1 unspecified atom stereocenters. The summed E-state index contributed by atoms with van der Waals surface area (Å²) in [6, 6.07) is 9.64. The number of halogens is 1. The molecule has 1 aromatic heterocycles. The normalized spacial score (nSPS) is 15.7. The average Bonchev–Trinajstić information content (AvgIpc) is 2.67. The number of rotatable bonds is 6. The second kappa shape index (κ2) is 8.28. The van der Waals surface area contributed by atoms with Crippen molar-refractivity contribution in [2.24, 2.45) is 5.73 Å². The number of pyridine rings is 1. The molecule has 1 aliphatic rings. The molecule has 1 aromatic carbocycles. The molecule has 0 amide bonds. The highest BCUT2D eigenvalue weighted by Crippen LogP contribution is 2.40. The van der Waals surface area contributed by atoms with Crippen LogP contribution in [-0.2, 0) is 17.7 Å². The number of nitrogens with two attached hydrogens (primary N) is 1. The lowest BCUT2D eigenvalue weighted by molar-refractivity contribution is 0.185. The van der Waals surface area contributed by atoms with E-state index in [1.165, 1.54) is 12.1 Å². The average molecular weight is 383 g/mol. The van der Waals surface area contributed by atoms with E-state index in [0.29, 0.717) is 30.9 Å². The molecular weight excluding hydrogens is 361 g/mol. The van der Waals surface area contributed by atoms with Crippen molar-refractivity contribution in [3.63, 3.8) is 0 Å². The number of ether oxygens (including phenoxy) is 2. The number of benzene rings is 1. The van der Waals surface area contributed by atoms with Crippen LogP contribution >= 0.6 is 0 Å². The van der Waals surface area contributed by atoms with Gasteiger partial charge in [-0.05, 0) is 24.1 Å². The second-order valence-corrected chi connectivity index (χ2v) is 6.59. The minimum Gasteiger partial charge on any atom is -0.440 e. The Morgan fingerprint density at radius 3 is 2.82 bits per heavy atom. The molecule has 1 aliphatic heterocycles. The van der Waals surface area contributed by atoms with E-state index in [-0.39, 0.29) is 22.6 Å². The summed E-state index contributed by atoms with van der Waals surface area (Å²) in [5.41, 5.74) is 7.34. The van der Waals surface area contributed by atoms with Gasteiger partial charge in [-0.3, -0.25) is 4.79 Å². The van der Waals surface area contributed by atoms with Crippen LogP contribution in [0.2, 0.25) is 0 Å². The van der Waals surface area contributed by atoms with Gasteiger partial charge in [-0.1, -0.05) is 25.5 Å². The Hall–Kier alpha value is -3.11. The maximum absolute atomic E-state index is 13.9. The first-order valence-electron chi connectivity index (χ1n) is 9.10. The van der Waals surface area contributed by atoms with Crippen molar-refractivity contribution in [3.05, 3.63) is 74.8 Å². The molecule has 2 heterocycles. The zero-order valence-electron chi connectivity index (χ0n) is 15.9. The number of aromatic nitrogens is 1. The number of nitrogens with zero attached hydrogens (tertiary/aromatic N) is 2. The van der Waals surface area contributed by atoms with Crippen molar-refractivity contribution in [3.8, 4) is 11.8 Å². The summed E-state index contributed by atoms with van der Waals surface area (Å²) in [4.78, 5) is 13.4. The molecule has 146 valence electrons. The lowest BCUT2D eigenvalue weighted by Crippen LogP contribution is -2.34. The number of aryl methyl sites for hydroxylation is 1. The van der Waals surface area contributed by atoms with E-state index in [1.807, 2.05) is 13.0 Å². The second-order valence-electron chi connectivity index (χ2n) is 6.59. The molecule has 2 aromatic rings. The first-order valence-corrected chi connectivity index (χ1v) is 9.10. The molecule has 0 saturated heterocycles. The lowest BCUT2D eigenvalue weighted by atomic mass is 9.84. The molecule has 0 saturated carbocycles. The molecule has 0 bridgehead atoms. The first-order chi connectivity index (χ1) is 13.5. The summed E-state index contributed by atoms with van der Waals surface area (Å²) >= 11 is 0. The smallest absolute Gasteiger partial charge is 0.258 e. The van der Waals surface area contributed by atoms with Crippen molar-refractivity contribution >= 4 is 0 Å². The molecule has 0 aliphatic carbocycles. The van der Waals surface area contributed by atoms with E-state index in [1.54, 1.807) is 29.9 Å². The minimum absolute atomic E-state index is 0.0687. The quantitative estimate of drug-likeness (QED) is 0.828. The fourth-order valence-electron chi connectivity index (χ4n) is 3.53. The minimum atomic E-state index is -0.790. The van der Waals surface area contributed by atoms with Gasteiger partial charge in [0, 0.05) is 25.4 Å². The third-order valence-electron chi connectivity index (χ3n) is 4.78. The number of hydrogen-bond donors (Lipinski definition) is 1. The maximum Gasteiger partial charge on any atom is 0.258 e. The Morgan fingerprint density at radius 2 is 2.18 bits per heavy atom. The maximum atomic E-state index is 13.9. The molecule has 3 rings (SSSR count). The van der Waals surface area contributed by atoms with Crippen LogP contribution in [0.25, 0.3) is 0 Å².